The Bertz CT molecular complexity index is 1270. The molecule has 6 rings (SSSR count). The fourth-order valence-electron chi connectivity index (χ4n) is 6.47. The number of hydrogen-bond donors (Lipinski definition) is 0. The highest BCUT2D eigenvalue weighted by Gasteiger charge is 2.37. The highest BCUT2D eigenvalue weighted by Crippen LogP contribution is 2.44. The first-order valence-electron chi connectivity index (χ1n) is 13.7. The average Bonchev–Trinajstić information content (AvgIpc) is 2.92. The maximum Gasteiger partial charge on any atom is 0.217 e. The summed E-state index contributed by atoms with van der Waals surface area (Å²) in [5, 5.41) is 0. The van der Waals surface area contributed by atoms with Crippen LogP contribution in [0.3, 0.4) is 0 Å². The molecule has 3 aromatic carbocycles. The fraction of sp³-hybridized carbons (Fsp3) is 0.324. The van der Waals surface area contributed by atoms with Gasteiger partial charge in [0.05, 0.1) is 0 Å². The SMILES string of the molecule is CCCCCCC[n+]1c2c(c(-c3ccccc3)c3c1-c1ccccc1CC3)CCc1ccccc1-2. The summed E-state index contributed by atoms with van der Waals surface area (Å²) in [4.78, 5) is 0. The molecule has 0 saturated carbocycles. The topological polar surface area (TPSA) is 3.88 Å². The minimum atomic E-state index is 1.10. The third kappa shape index (κ3) is 4.01. The lowest BCUT2D eigenvalue weighted by molar-refractivity contribution is -0.676. The Morgan fingerprint density at radius 1 is 0.571 bits per heavy atom. The molecule has 0 aliphatic heterocycles. The minimum Gasteiger partial charge on any atom is -0.191 e. The molecule has 4 aromatic rings. The van der Waals surface area contributed by atoms with Gasteiger partial charge < -0.3 is 0 Å². The Balaban J connectivity index is 1.64. The first-order valence-corrected chi connectivity index (χ1v) is 13.7. The third-order valence-electron chi connectivity index (χ3n) is 8.10. The number of rotatable bonds is 7. The summed E-state index contributed by atoms with van der Waals surface area (Å²) < 4.78 is 2.75. The van der Waals surface area contributed by atoms with Gasteiger partial charge in [0.2, 0.25) is 11.4 Å². The van der Waals surface area contributed by atoms with E-state index in [2.05, 4.69) is 90.4 Å². The summed E-state index contributed by atoms with van der Waals surface area (Å²) in [6.45, 7) is 3.41. The molecule has 2 aliphatic rings. The van der Waals surface area contributed by atoms with Crippen LogP contribution in [0.1, 0.15) is 61.3 Å². The number of benzene rings is 3. The summed E-state index contributed by atoms with van der Waals surface area (Å²) in [7, 11) is 0. The van der Waals surface area contributed by atoms with E-state index in [0.29, 0.717) is 0 Å². The molecule has 0 amide bonds. The van der Waals surface area contributed by atoms with Crippen LogP contribution in [0, 0.1) is 0 Å². The number of unbranched alkanes of at least 4 members (excludes halogenated alkanes) is 4. The molecule has 0 atom stereocenters. The van der Waals surface area contributed by atoms with Gasteiger partial charge in [-0.3, -0.25) is 0 Å². The van der Waals surface area contributed by atoms with Gasteiger partial charge in [0.15, 0.2) is 0 Å². The highest BCUT2D eigenvalue weighted by atomic mass is 15.0. The maximum atomic E-state index is 2.75. The largest absolute Gasteiger partial charge is 0.217 e. The van der Waals surface area contributed by atoms with Crippen molar-refractivity contribution in [3.8, 4) is 33.6 Å². The van der Waals surface area contributed by atoms with E-state index in [4.69, 9.17) is 0 Å². The Morgan fingerprint density at radius 2 is 1.11 bits per heavy atom. The maximum absolute atomic E-state index is 2.75. The van der Waals surface area contributed by atoms with Crippen molar-refractivity contribution in [1.82, 2.24) is 0 Å². The normalized spacial score (nSPS) is 13.5. The van der Waals surface area contributed by atoms with Gasteiger partial charge in [-0.1, -0.05) is 92.9 Å². The first-order chi connectivity index (χ1) is 17.4. The van der Waals surface area contributed by atoms with Gasteiger partial charge in [0.25, 0.3) is 0 Å². The number of nitrogens with zero attached hydrogens (tertiary/aromatic N) is 1. The zero-order chi connectivity index (χ0) is 23.6. The van der Waals surface area contributed by atoms with Crippen LogP contribution >= 0.6 is 0 Å². The first kappa shape index (κ1) is 22.3. The van der Waals surface area contributed by atoms with Crippen molar-refractivity contribution in [3.63, 3.8) is 0 Å². The number of fused-ring (bicyclic) bond motifs is 6. The van der Waals surface area contributed by atoms with Gasteiger partial charge in [-0.05, 0) is 60.9 Å². The van der Waals surface area contributed by atoms with E-state index in [1.807, 2.05) is 0 Å². The standard InChI is InChI=1S/C34H36N/c1-2-3-4-5-13-24-35-33-28-18-11-9-14-25(28)20-22-30(33)32(27-16-7-6-8-17-27)31-23-21-26-15-10-12-19-29(26)34(31)35/h6-12,14-19H,2-5,13,20-24H2,1H3/q+1. The number of aryl methyl sites for hydroxylation is 2. The Morgan fingerprint density at radius 3 is 1.71 bits per heavy atom. The molecule has 0 spiro atoms. The molecule has 0 radical (unpaired) electrons. The molecule has 1 aromatic heterocycles. The number of aromatic nitrogens is 1. The molecular formula is C34H36N+. The Kier molecular flexibility index (Phi) is 6.25. The Hall–Kier alpha value is -3.19. The molecule has 2 aliphatic carbocycles. The summed E-state index contributed by atoms with van der Waals surface area (Å²) in [5.41, 5.74) is 14.9. The van der Waals surface area contributed by atoms with Crippen molar-refractivity contribution in [3.05, 3.63) is 101 Å². The molecule has 0 N–H and O–H groups in total. The molecule has 35 heavy (non-hydrogen) atoms. The van der Waals surface area contributed by atoms with E-state index in [1.165, 1.54) is 76.9 Å². The van der Waals surface area contributed by atoms with E-state index >= 15 is 0 Å². The van der Waals surface area contributed by atoms with E-state index in [1.54, 1.807) is 11.1 Å². The molecule has 1 heterocycles. The molecule has 0 saturated heterocycles. The van der Waals surface area contributed by atoms with Crippen LogP contribution in [-0.2, 0) is 32.2 Å². The van der Waals surface area contributed by atoms with Crippen LogP contribution in [0.4, 0.5) is 0 Å². The molecule has 0 bridgehead atoms. The zero-order valence-electron chi connectivity index (χ0n) is 21.0. The smallest absolute Gasteiger partial charge is 0.191 e. The van der Waals surface area contributed by atoms with Crippen LogP contribution in [0.5, 0.6) is 0 Å². The molecule has 0 fully saturated rings. The lowest BCUT2D eigenvalue weighted by Crippen LogP contribution is -2.43. The second-order valence-electron chi connectivity index (χ2n) is 10.3. The quantitative estimate of drug-likeness (QED) is 0.194. The van der Waals surface area contributed by atoms with Crippen LogP contribution in [-0.4, -0.2) is 0 Å². The minimum absolute atomic E-state index is 1.10. The zero-order valence-corrected chi connectivity index (χ0v) is 21.0. The lowest BCUT2D eigenvalue weighted by atomic mass is 9.77. The van der Waals surface area contributed by atoms with Gasteiger partial charge in [-0.2, -0.15) is 4.57 Å². The number of pyridine rings is 1. The van der Waals surface area contributed by atoms with Crippen molar-refractivity contribution in [2.45, 2.75) is 71.3 Å². The van der Waals surface area contributed by atoms with Gasteiger partial charge in [0, 0.05) is 34.2 Å². The predicted octanol–water partition coefficient (Wildman–Crippen LogP) is 8.14. The molecular weight excluding hydrogens is 422 g/mol. The predicted molar refractivity (Wildman–Crippen MR) is 147 cm³/mol. The molecule has 176 valence electrons. The summed E-state index contributed by atoms with van der Waals surface area (Å²) in [5.74, 6) is 0. The number of hydrogen-bond acceptors (Lipinski definition) is 0. The van der Waals surface area contributed by atoms with Gasteiger partial charge in [-0.25, -0.2) is 0 Å². The summed E-state index contributed by atoms with van der Waals surface area (Å²) in [6, 6.07) is 29.5. The van der Waals surface area contributed by atoms with E-state index in [-0.39, 0.29) is 0 Å². The Labute approximate surface area is 210 Å². The van der Waals surface area contributed by atoms with Crippen molar-refractivity contribution in [2.75, 3.05) is 0 Å². The second-order valence-corrected chi connectivity index (χ2v) is 10.3. The highest BCUT2D eigenvalue weighted by molar-refractivity contribution is 5.85. The van der Waals surface area contributed by atoms with Gasteiger partial charge >= 0.3 is 0 Å². The van der Waals surface area contributed by atoms with Crippen molar-refractivity contribution in [2.24, 2.45) is 0 Å². The van der Waals surface area contributed by atoms with Crippen LogP contribution in [0.25, 0.3) is 33.6 Å². The summed E-state index contributed by atoms with van der Waals surface area (Å²) in [6.07, 6.45) is 11.1. The average molecular weight is 459 g/mol. The molecule has 1 heteroatoms. The van der Waals surface area contributed by atoms with Gasteiger partial charge in [-0.15, -0.1) is 0 Å². The molecule has 0 unspecified atom stereocenters. The van der Waals surface area contributed by atoms with Crippen molar-refractivity contribution < 1.29 is 4.57 Å². The van der Waals surface area contributed by atoms with E-state index in [0.717, 1.165) is 32.2 Å². The lowest BCUT2D eigenvalue weighted by Gasteiger charge is -2.28. The fourth-order valence-corrected chi connectivity index (χ4v) is 6.47. The summed E-state index contributed by atoms with van der Waals surface area (Å²) >= 11 is 0. The van der Waals surface area contributed by atoms with Gasteiger partial charge in [0.1, 0.15) is 6.54 Å². The molecule has 1 nitrogen and oxygen atoms in total. The third-order valence-corrected chi connectivity index (χ3v) is 8.10. The van der Waals surface area contributed by atoms with Crippen LogP contribution in [0.15, 0.2) is 78.9 Å². The van der Waals surface area contributed by atoms with Crippen LogP contribution < -0.4 is 4.57 Å². The van der Waals surface area contributed by atoms with E-state index in [9.17, 15) is 0 Å². The van der Waals surface area contributed by atoms with Crippen molar-refractivity contribution in [1.29, 1.82) is 0 Å². The monoisotopic (exact) mass is 458 g/mol. The van der Waals surface area contributed by atoms with Crippen LogP contribution in [0.2, 0.25) is 0 Å². The van der Waals surface area contributed by atoms with Crippen molar-refractivity contribution >= 4 is 0 Å². The second kappa shape index (κ2) is 9.82. The van der Waals surface area contributed by atoms with E-state index < -0.39 is 0 Å².